The molecule has 3 aromatic rings. The van der Waals surface area contributed by atoms with Crippen molar-refractivity contribution in [2.75, 3.05) is 13.1 Å². The van der Waals surface area contributed by atoms with Gasteiger partial charge in [0.05, 0.1) is 18.7 Å². The Kier molecular flexibility index (Phi) is 5.88. The fourth-order valence-electron chi connectivity index (χ4n) is 3.26. The molecule has 142 valence electrons. The number of carbonyl (C=O) groups excluding carboxylic acids is 1. The molecule has 0 aliphatic carbocycles. The molecule has 1 fully saturated rings. The van der Waals surface area contributed by atoms with Crippen molar-refractivity contribution >= 4 is 18.3 Å². The lowest BCUT2D eigenvalue weighted by Crippen LogP contribution is -2.34. The summed E-state index contributed by atoms with van der Waals surface area (Å²) < 4.78 is 7.00. The first-order valence-electron chi connectivity index (χ1n) is 8.55. The first kappa shape index (κ1) is 19.1. The maximum Gasteiger partial charge on any atom is 0.246 e. The van der Waals surface area contributed by atoms with Gasteiger partial charge < -0.3 is 15.2 Å². The first-order chi connectivity index (χ1) is 12.7. The van der Waals surface area contributed by atoms with Crippen LogP contribution in [0, 0.1) is 5.92 Å². The predicted octanol–water partition coefficient (Wildman–Crippen LogP) is 1.51. The molecule has 4 rings (SSSR count). The van der Waals surface area contributed by atoms with E-state index >= 15 is 0 Å². The summed E-state index contributed by atoms with van der Waals surface area (Å²) in [5.74, 6) is 0.858. The number of rotatable bonds is 5. The molecule has 0 saturated carbocycles. The Bertz CT molecular complexity index is 894. The van der Waals surface area contributed by atoms with Gasteiger partial charge in [0.15, 0.2) is 0 Å². The van der Waals surface area contributed by atoms with Crippen LogP contribution in [-0.4, -0.2) is 38.9 Å². The summed E-state index contributed by atoms with van der Waals surface area (Å²) in [6.45, 7) is 1.63. The van der Waals surface area contributed by atoms with Crippen LogP contribution >= 0.6 is 12.4 Å². The van der Waals surface area contributed by atoms with Crippen LogP contribution in [0.25, 0.3) is 11.4 Å². The molecule has 2 N–H and O–H groups in total. The SMILES string of the molecule is Cl.Cn1cc([C@H]2CNC[C@@H]2C(=O)NCc2nc(-c3ccccc3)no2)cn1. The Balaban J connectivity index is 0.00000210. The van der Waals surface area contributed by atoms with Crippen molar-refractivity contribution < 1.29 is 9.32 Å². The minimum atomic E-state index is -0.143. The van der Waals surface area contributed by atoms with Gasteiger partial charge in [0.25, 0.3) is 0 Å². The van der Waals surface area contributed by atoms with Crippen molar-refractivity contribution in [2.24, 2.45) is 13.0 Å². The molecule has 27 heavy (non-hydrogen) atoms. The molecule has 0 spiro atoms. The third-order valence-corrected chi connectivity index (χ3v) is 4.62. The summed E-state index contributed by atoms with van der Waals surface area (Å²) in [4.78, 5) is 17.0. The van der Waals surface area contributed by atoms with E-state index in [0.29, 0.717) is 18.3 Å². The highest BCUT2D eigenvalue weighted by molar-refractivity contribution is 5.85. The second-order valence-electron chi connectivity index (χ2n) is 6.41. The highest BCUT2D eigenvalue weighted by Crippen LogP contribution is 2.28. The molecular formula is C18H21ClN6O2. The second-order valence-corrected chi connectivity index (χ2v) is 6.41. The number of carbonyl (C=O) groups is 1. The van der Waals surface area contributed by atoms with Gasteiger partial charge in [0.2, 0.25) is 17.6 Å². The number of hydrogen-bond donors (Lipinski definition) is 2. The number of aromatic nitrogens is 4. The maximum atomic E-state index is 12.6. The topological polar surface area (TPSA) is 97.9 Å². The molecule has 9 heteroatoms. The van der Waals surface area contributed by atoms with Crippen LogP contribution in [0.15, 0.2) is 47.2 Å². The molecule has 8 nitrogen and oxygen atoms in total. The predicted molar refractivity (Wildman–Crippen MR) is 101 cm³/mol. The number of nitrogens with one attached hydrogen (secondary N) is 2. The normalized spacial score (nSPS) is 18.9. The molecule has 1 aliphatic heterocycles. The summed E-state index contributed by atoms with van der Waals surface area (Å²) in [5.41, 5.74) is 1.95. The third-order valence-electron chi connectivity index (χ3n) is 4.62. The molecule has 2 aromatic heterocycles. The fourth-order valence-corrected chi connectivity index (χ4v) is 3.26. The average Bonchev–Trinajstić information content (AvgIpc) is 3.40. The largest absolute Gasteiger partial charge is 0.347 e. The van der Waals surface area contributed by atoms with E-state index in [1.165, 1.54) is 0 Å². The van der Waals surface area contributed by atoms with E-state index in [2.05, 4.69) is 25.9 Å². The van der Waals surface area contributed by atoms with E-state index in [1.807, 2.05) is 49.8 Å². The number of hydrogen-bond acceptors (Lipinski definition) is 6. The lowest BCUT2D eigenvalue weighted by atomic mass is 9.90. The van der Waals surface area contributed by atoms with Crippen LogP contribution < -0.4 is 10.6 Å². The van der Waals surface area contributed by atoms with Gasteiger partial charge in [-0.3, -0.25) is 9.48 Å². The van der Waals surface area contributed by atoms with Crippen molar-refractivity contribution in [2.45, 2.75) is 12.5 Å². The van der Waals surface area contributed by atoms with Gasteiger partial charge in [-0.25, -0.2) is 0 Å². The molecule has 3 heterocycles. The second kappa shape index (κ2) is 8.32. The molecule has 2 atom stereocenters. The van der Waals surface area contributed by atoms with Gasteiger partial charge in [-0.05, 0) is 5.56 Å². The monoisotopic (exact) mass is 388 g/mol. The molecule has 0 radical (unpaired) electrons. The van der Waals surface area contributed by atoms with E-state index in [0.717, 1.165) is 17.7 Å². The summed E-state index contributed by atoms with van der Waals surface area (Å²) >= 11 is 0. The number of nitrogens with zero attached hydrogens (tertiary/aromatic N) is 4. The summed E-state index contributed by atoms with van der Waals surface area (Å²) in [6.07, 6.45) is 3.78. The minimum Gasteiger partial charge on any atom is -0.347 e. The Morgan fingerprint density at radius 3 is 2.89 bits per heavy atom. The fraction of sp³-hybridized carbons (Fsp3) is 0.333. The van der Waals surface area contributed by atoms with E-state index in [-0.39, 0.29) is 36.7 Å². The third kappa shape index (κ3) is 4.17. The molecular weight excluding hydrogens is 368 g/mol. The van der Waals surface area contributed by atoms with E-state index in [9.17, 15) is 4.79 Å². The summed E-state index contributed by atoms with van der Waals surface area (Å²) in [5, 5.41) is 14.4. The van der Waals surface area contributed by atoms with Gasteiger partial charge in [0.1, 0.15) is 0 Å². The molecule has 1 saturated heterocycles. The van der Waals surface area contributed by atoms with Crippen molar-refractivity contribution in [3.63, 3.8) is 0 Å². The summed E-state index contributed by atoms with van der Waals surface area (Å²) in [7, 11) is 1.88. The Hall–Kier alpha value is -2.71. The lowest BCUT2D eigenvalue weighted by molar-refractivity contribution is -0.125. The quantitative estimate of drug-likeness (QED) is 0.687. The van der Waals surface area contributed by atoms with Gasteiger partial charge >= 0.3 is 0 Å². The molecule has 1 aliphatic rings. The smallest absolute Gasteiger partial charge is 0.246 e. The number of halogens is 1. The van der Waals surface area contributed by atoms with Crippen LogP contribution in [0.5, 0.6) is 0 Å². The zero-order valence-electron chi connectivity index (χ0n) is 14.8. The zero-order valence-corrected chi connectivity index (χ0v) is 15.6. The van der Waals surface area contributed by atoms with Gasteiger partial charge in [-0.1, -0.05) is 35.5 Å². The highest BCUT2D eigenvalue weighted by Gasteiger charge is 2.34. The van der Waals surface area contributed by atoms with Crippen LogP contribution in [0.2, 0.25) is 0 Å². The average molecular weight is 389 g/mol. The molecule has 1 aromatic carbocycles. The van der Waals surface area contributed by atoms with E-state index < -0.39 is 0 Å². The number of benzene rings is 1. The Morgan fingerprint density at radius 1 is 1.33 bits per heavy atom. The van der Waals surface area contributed by atoms with Gasteiger partial charge in [0, 0.05) is 37.8 Å². The van der Waals surface area contributed by atoms with Gasteiger partial charge in [-0.15, -0.1) is 12.4 Å². The zero-order chi connectivity index (χ0) is 17.9. The standard InChI is InChI=1S/C18H20N6O2.ClH/c1-24-11-13(7-21-24)14-8-19-9-15(14)18(25)20-10-16-22-17(23-26-16)12-5-3-2-4-6-12;/h2-7,11,14-15,19H,8-10H2,1H3,(H,20,25);1H/t14-,15+;/m1./s1. The summed E-state index contributed by atoms with van der Waals surface area (Å²) in [6, 6.07) is 9.59. The molecule has 1 amide bonds. The van der Waals surface area contributed by atoms with Crippen LogP contribution in [-0.2, 0) is 18.4 Å². The van der Waals surface area contributed by atoms with Gasteiger partial charge in [-0.2, -0.15) is 10.1 Å². The molecule has 0 bridgehead atoms. The molecule has 0 unspecified atom stereocenters. The highest BCUT2D eigenvalue weighted by atomic mass is 35.5. The minimum absolute atomic E-state index is 0. The van der Waals surface area contributed by atoms with Crippen LogP contribution in [0.1, 0.15) is 17.4 Å². The Labute approximate surface area is 162 Å². The van der Waals surface area contributed by atoms with Crippen LogP contribution in [0.3, 0.4) is 0 Å². The van der Waals surface area contributed by atoms with Crippen molar-refractivity contribution in [3.8, 4) is 11.4 Å². The number of amides is 1. The van der Waals surface area contributed by atoms with E-state index in [4.69, 9.17) is 4.52 Å². The van der Waals surface area contributed by atoms with Crippen molar-refractivity contribution in [1.29, 1.82) is 0 Å². The lowest BCUT2D eigenvalue weighted by Gasteiger charge is -2.16. The first-order valence-corrected chi connectivity index (χ1v) is 8.55. The van der Waals surface area contributed by atoms with E-state index in [1.54, 1.807) is 4.68 Å². The Morgan fingerprint density at radius 2 is 2.15 bits per heavy atom. The maximum absolute atomic E-state index is 12.6. The number of aryl methyl sites for hydroxylation is 1. The van der Waals surface area contributed by atoms with Crippen LogP contribution in [0.4, 0.5) is 0 Å². The van der Waals surface area contributed by atoms with Crippen molar-refractivity contribution in [3.05, 3.63) is 54.2 Å². The van der Waals surface area contributed by atoms with Crippen molar-refractivity contribution in [1.82, 2.24) is 30.6 Å².